The summed E-state index contributed by atoms with van der Waals surface area (Å²) in [6, 6.07) is 4.18. The molecular weight excluding hydrogens is 322 g/mol. The van der Waals surface area contributed by atoms with Crippen molar-refractivity contribution in [1.82, 2.24) is 9.80 Å². The van der Waals surface area contributed by atoms with Crippen molar-refractivity contribution in [2.45, 2.75) is 44.2 Å². The maximum Gasteiger partial charge on any atom is 0.227 e. The molecule has 1 aliphatic rings. The summed E-state index contributed by atoms with van der Waals surface area (Å²) in [6.07, 6.45) is 4.48. The summed E-state index contributed by atoms with van der Waals surface area (Å²) in [5, 5.41) is 0. The summed E-state index contributed by atoms with van der Waals surface area (Å²) in [7, 11) is 5.89. The predicted octanol–water partition coefficient (Wildman–Crippen LogP) is 3.26. The lowest BCUT2D eigenvalue weighted by Crippen LogP contribution is -2.52. The lowest BCUT2D eigenvalue weighted by molar-refractivity contribution is -0.133. The number of carbonyl (C=O) groups is 1. The first kappa shape index (κ1) is 19.8. The van der Waals surface area contributed by atoms with E-state index in [-0.39, 0.29) is 30.8 Å². The smallest absolute Gasteiger partial charge is 0.227 e. The standard InChI is InChI=1S/C17H24F2N2O.ClH/c1-20(2)15-6-4-5-7-16(15)21(3)17(22)11-12-8-9-13(18)14(19)10-12;/h8-10,15-16H,4-7,11H2,1-3H3;1H/t15-,16-;/m1./s1. The highest BCUT2D eigenvalue weighted by molar-refractivity contribution is 5.85. The highest BCUT2D eigenvalue weighted by Crippen LogP contribution is 2.26. The van der Waals surface area contributed by atoms with Crippen LogP contribution in [-0.2, 0) is 11.2 Å². The van der Waals surface area contributed by atoms with Gasteiger partial charge < -0.3 is 9.80 Å². The van der Waals surface area contributed by atoms with Crippen LogP contribution in [0, 0.1) is 11.6 Å². The molecule has 1 aliphatic carbocycles. The maximum absolute atomic E-state index is 13.2. The maximum atomic E-state index is 13.2. The molecule has 23 heavy (non-hydrogen) atoms. The Balaban J connectivity index is 0.00000264. The number of amides is 1. The Morgan fingerprint density at radius 2 is 1.70 bits per heavy atom. The largest absolute Gasteiger partial charge is 0.341 e. The second kappa shape index (κ2) is 8.60. The molecule has 6 heteroatoms. The molecule has 0 aliphatic heterocycles. The van der Waals surface area contributed by atoms with Crippen LogP contribution in [0.4, 0.5) is 8.78 Å². The van der Waals surface area contributed by atoms with Crippen molar-refractivity contribution < 1.29 is 13.6 Å². The first-order valence-electron chi connectivity index (χ1n) is 7.76. The number of likely N-dealkylation sites (N-methyl/N-ethyl adjacent to an activating group) is 2. The Kier molecular flexibility index (Phi) is 7.42. The minimum Gasteiger partial charge on any atom is -0.341 e. The van der Waals surface area contributed by atoms with Gasteiger partial charge in [0.1, 0.15) is 0 Å². The van der Waals surface area contributed by atoms with Gasteiger partial charge in [0, 0.05) is 19.1 Å². The molecular formula is C17H25ClF2N2O. The molecule has 2 rings (SSSR count). The summed E-state index contributed by atoms with van der Waals surface area (Å²) >= 11 is 0. The second-order valence-electron chi connectivity index (χ2n) is 6.31. The number of hydrogen-bond donors (Lipinski definition) is 0. The van der Waals surface area contributed by atoms with Crippen LogP contribution in [0.5, 0.6) is 0 Å². The van der Waals surface area contributed by atoms with Gasteiger partial charge in [-0.2, -0.15) is 0 Å². The van der Waals surface area contributed by atoms with Gasteiger partial charge in [0.05, 0.1) is 6.42 Å². The van der Waals surface area contributed by atoms with Crippen LogP contribution < -0.4 is 0 Å². The zero-order chi connectivity index (χ0) is 16.3. The Morgan fingerprint density at radius 3 is 2.26 bits per heavy atom. The summed E-state index contributed by atoms with van der Waals surface area (Å²) in [5.74, 6) is -1.84. The SMILES string of the molecule is CN(C)[C@@H]1CCCC[C@H]1N(C)C(=O)Cc1ccc(F)c(F)c1.Cl. The summed E-state index contributed by atoms with van der Waals surface area (Å²) in [4.78, 5) is 16.4. The van der Waals surface area contributed by atoms with E-state index in [1.807, 2.05) is 21.1 Å². The van der Waals surface area contributed by atoms with Gasteiger partial charge in [0.2, 0.25) is 5.91 Å². The minimum absolute atomic E-state index is 0. The van der Waals surface area contributed by atoms with E-state index in [1.165, 1.54) is 12.5 Å². The van der Waals surface area contributed by atoms with Gasteiger partial charge in [-0.05, 0) is 44.6 Å². The van der Waals surface area contributed by atoms with Crippen molar-refractivity contribution in [2.24, 2.45) is 0 Å². The summed E-state index contributed by atoms with van der Waals surface area (Å²) in [5.41, 5.74) is 0.507. The van der Waals surface area contributed by atoms with E-state index in [0.29, 0.717) is 11.6 Å². The number of nitrogens with zero attached hydrogens (tertiary/aromatic N) is 2. The van der Waals surface area contributed by atoms with E-state index < -0.39 is 11.6 Å². The molecule has 0 heterocycles. The molecule has 0 spiro atoms. The van der Waals surface area contributed by atoms with E-state index in [2.05, 4.69) is 4.90 Å². The van der Waals surface area contributed by atoms with Gasteiger partial charge in [0.15, 0.2) is 11.6 Å². The Morgan fingerprint density at radius 1 is 1.09 bits per heavy atom. The molecule has 0 bridgehead atoms. The van der Waals surface area contributed by atoms with E-state index in [0.717, 1.165) is 31.4 Å². The first-order chi connectivity index (χ1) is 10.4. The van der Waals surface area contributed by atoms with E-state index in [4.69, 9.17) is 0 Å². The topological polar surface area (TPSA) is 23.6 Å². The third kappa shape index (κ3) is 4.88. The van der Waals surface area contributed by atoms with Crippen LogP contribution in [-0.4, -0.2) is 48.9 Å². The average Bonchev–Trinajstić information content (AvgIpc) is 2.50. The predicted molar refractivity (Wildman–Crippen MR) is 89.8 cm³/mol. The van der Waals surface area contributed by atoms with Crippen LogP contribution in [0.15, 0.2) is 18.2 Å². The van der Waals surface area contributed by atoms with Crippen LogP contribution in [0.2, 0.25) is 0 Å². The number of halogens is 3. The molecule has 1 saturated carbocycles. The molecule has 1 fully saturated rings. The second-order valence-corrected chi connectivity index (χ2v) is 6.31. The van der Waals surface area contributed by atoms with Crippen LogP contribution >= 0.6 is 12.4 Å². The molecule has 0 radical (unpaired) electrons. The molecule has 0 saturated heterocycles. The van der Waals surface area contributed by atoms with E-state index >= 15 is 0 Å². The Bertz CT molecular complexity index is 539. The normalized spacial score (nSPS) is 21.0. The lowest BCUT2D eigenvalue weighted by Gasteiger charge is -2.41. The van der Waals surface area contributed by atoms with Crippen molar-refractivity contribution in [3.63, 3.8) is 0 Å². The molecule has 3 nitrogen and oxygen atoms in total. The number of rotatable bonds is 4. The van der Waals surface area contributed by atoms with Crippen molar-refractivity contribution in [2.75, 3.05) is 21.1 Å². The van der Waals surface area contributed by atoms with Gasteiger partial charge in [-0.1, -0.05) is 18.9 Å². The number of carbonyl (C=O) groups excluding carboxylic acids is 1. The molecule has 0 N–H and O–H groups in total. The number of benzene rings is 1. The highest BCUT2D eigenvalue weighted by atomic mass is 35.5. The van der Waals surface area contributed by atoms with Gasteiger partial charge >= 0.3 is 0 Å². The van der Waals surface area contributed by atoms with E-state index in [1.54, 1.807) is 4.90 Å². The van der Waals surface area contributed by atoms with Crippen molar-refractivity contribution >= 4 is 18.3 Å². The van der Waals surface area contributed by atoms with E-state index in [9.17, 15) is 13.6 Å². The molecule has 1 amide bonds. The third-order valence-electron chi connectivity index (χ3n) is 4.59. The molecule has 130 valence electrons. The van der Waals surface area contributed by atoms with Gasteiger partial charge in [-0.25, -0.2) is 8.78 Å². The average molecular weight is 347 g/mol. The zero-order valence-corrected chi connectivity index (χ0v) is 14.7. The van der Waals surface area contributed by atoms with Crippen LogP contribution in [0.1, 0.15) is 31.2 Å². The fraction of sp³-hybridized carbons (Fsp3) is 0.588. The Labute approximate surface area is 143 Å². The molecule has 1 aromatic carbocycles. The monoisotopic (exact) mass is 346 g/mol. The molecule has 0 unspecified atom stereocenters. The zero-order valence-electron chi connectivity index (χ0n) is 13.9. The fourth-order valence-electron chi connectivity index (χ4n) is 3.28. The van der Waals surface area contributed by atoms with Crippen LogP contribution in [0.25, 0.3) is 0 Å². The van der Waals surface area contributed by atoms with Crippen LogP contribution in [0.3, 0.4) is 0 Å². The third-order valence-corrected chi connectivity index (χ3v) is 4.59. The summed E-state index contributed by atoms with van der Waals surface area (Å²) in [6.45, 7) is 0. The fourth-order valence-corrected chi connectivity index (χ4v) is 3.28. The number of hydrogen-bond acceptors (Lipinski definition) is 2. The molecule has 0 aromatic heterocycles. The van der Waals surface area contributed by atoms with Crippen molar-refractivity contribution in [3.05, 3.63) is 35.4 Å². The van der Waals surface area contributed by atoms with Gasteiger partial charge in [-0.3, -0.25) is 4.79 Å². The quantitative estimate of drug-likeness (QED) is 0.835. The van der Waals surface area contributed by atoms with Gasteiger partial charge in [-0.15, -0.1) is 12.4 Å². The summed E-state index contributed by atoms with van der Waals surface area (Å²) < 4.78 is 26.2. The lowest BCUT2D eigenvalue weighted by atomic mass is 9.88. The molecule has 1 aromatic rings. The highest BCUT2D eigenvalue weighted by Gasteiger charge is 2.31. The minimum atomic E-state index is -0.906. The van der Waals surface area contributed by atoms with Crippen molar-refractivity contribution in [3.8, 4) is 0 Å². The Hall–Kier alpha value is -1.20. The van der Waals surface area contributed by atoms with Crippen molar-refractivity contribution in [1.29, 1.82) is 0 Å². The molecule has 2 atom stereocenters. The first-order valence-corrected chi connectivity index (χ1v) is 7.76. The van der Waals surface area contributed by atoms with Gasteiger partial charge in [0.25, 0.3) is 0 Å².